The number of aromatic carboxylic acids is 1. The molecular formula is C10H7BrN2O3. The average Bonchev–Trinajstić information content (AvgIpc) is 2.60. The second-order valence-electron chi connectivity index (χ2n) is 3.09. The van der Waals surface area contributed by atoms with Gasteiger partial charge < -0.3 is 10.2 Å². The van der Waals surface area contributed by atoms with Crippen LogP contribution in [0.3, 0.4) is 0 Å². The molecule has 0 atom stereocenters. The molecule has 0 fully saturated rings. The van der Waals surface area contributed by atoms with E-state index in [0.29, 0.717) is 5.69 Å². The van der Waals surface area contributed by atoms with Gasteiger partial charge in [-0.25, -0.2) is 9.48 Å². The molecule has 0 aliphatic heterocycles. The summed E-state index contributed by atoms with van der Waals surface area (Å²) in [7, 11) is 0. The van der Waals surface area contributed by atoms with Gasteiger partial charge in [0.15, 0.2) is 5.75 Å². The van der Waals surface area contributed by atoms with Crippen molar-refractivity contribution in [2.24, 2.45) is 0 Å². The molecule has 0 saturated carbocycles. The minimum atomic E-state index is -1.26. The van der Waals surface area contributed by atoms with E-state index in [2.05, 4.69) is 21.0 Å². The molecule has 0 aliphatic carbocycles. The molecule has 5 nitrogen and oxygen atoms in total. The third-order valence-corrected chi connectivity index (χ3v) is 2.46. The fourth-order valence-corrected chi connectivity index (χ4v) is 1.66. The van der Waals surface area contributed by atoms with Crippen molar-refractivity contribution in [3.05, 3.63) is 40.6 Å². The van der Waals surface area contributed by atoms with Crippen LogP contribution in [0.2, 0.25) is 0 Å². The number of aromatic nitrogens is 2. The molecule has 0 spiro atoms. The molecule has 0 unspecified atom stereocenters. The van der Waals surface area contributed by atoms with E-state index in [4.69, 9.17) is 5.11 Å². The van der Waals surface area contributed by atoms with Crippen LogP contribution >= 0.6 is 15.9 Å². The summed E-state index contributed by atoms with van der Waals surface area (Å²) in [6, 6.07) is 7.14. The van der Waals surface area contributed by atoms with Crippen molar-refractivity contribution < 1.29 is 15.0 Å². The van der Waals surface area contributed by atoms with Crippen molar-refractivity contribution in [1.29, 1.82) is 0 Å². The predicted molar refractivity (Wildman–Crippen MR) is 59.9 cm³/mol. The van der Waals surface area contributed by atoms with E-state index in [0.717, 1.165) is 4.47 Å². The first-order valence-electron chi connectivity index (χ1n) is 4.36. The Kier molecular flexibility index (Phi) is 2.66. The van der Waals surface area contributed by atoms with Gasteiger partial charge in [-0.1, -0.05) is 22.0 Å². The number of aromatic hydroxyl groups is 1. The van der Waals surface area contributed by atoms with Crippen molar-refractivity contribution in [2.75, 3.05) is 0 Å². The van der Waals surface area contributed by atoms with Crippen molar-refractivity contribution in [1.82, 2.24) is 9.78 Å². The van der Waals surface area contributed by atoms with Gasteiger partial charge in [0.1, 0.15) is 0 Å². The zero-order valence-electron chi connectivity index (χ0n) is 7.96. The molecule has 0 bridgehead atoms. The smallest absolute Gasteiger partial charge is 0.360 e. The maximum Gasteiger partial charge on any atom is 0.360 e. The number of halogens is 1. The molecule has 0 aliphatic rings. The summed E-state index contributed by atoms with van der Waals surface area (Å²) < 4.78 is 2.15. The zero-order chi connectivity index (χ0) is 11.7. The summed E-state index contributed by atoms with van der Waals surface area (Å²) in [5, 5.41) is 21.9. The van der Waals surface area contributed by atoms with E-state index < -0.39 is 5.97 Å². The SMILES string of the molecule is O=C(O)c1nn(-c2cccc(Br)c2)cc1O. The summed E-state index contributed by atoms with van der Waals surface area (Å²) in [6.45, 7) is 0. The summed E-state index contributed by atoms with van der Waals surface area (Å²) in [5.41, 5.74) is 0.303. The van der Waals surface area contributed by atoms with Crippen LogP contribution in [0.5, 0.6) is 5.75 Å². The summed E-state index contributed by atoms with van der Waals surface area (Å²) in [4.78, 5) is 10.7. The minimum Gasteiger partial charge on any atom is -0.504 e. The van der Waals surface area contributed by atoms with Gasteiger partial charge in [-0.3, -0.25) is 0 Å². The van der Waals surface area contributed by atoms with Crippen LogP contribution in [-0.2, 0) is 0 Å². The Morgan fingerprint density at radius 2 is 2.19 bits per heavy atom. The Bertz CT molecular complexity index is 551. The van der Waals surface area contributed by atoms with E-state index in [9.17, 15) is 9.90 Å². The molecule has 2 aromatic rings. The normalized spacial score (nSPS) is 10.3. The number of nitrogens with zero attached hydrogens (tertiary/aromatic N) is 2. The maximum atomic E-state index is 10.7. The van der Waals surface area contributed by atoms with Gasteiger partial charge in [-0.05, 0) is 18.2 Å². The van der Waals surface area contributed by atoms with Gasteiger partial charge in [-0.2, -0.15) is 5.10 Å². The quantitative estimate of drug-likeness (QED) is 0.884. The maximum absolute atomic E-state index is 10.7. The fourth-order valence-electron chi connectivity index (χ4n) is 1.27. The second kappa shape index (κ2) is 3.97. The third-order valence-electron chi connectivity index (χ3n) is 1.97. The molecule has 6 heteroatoms. The van der Waals surface area contributed by atoms with Gasteiger partial charge >= 0.3 is 5.97 Å². The van der Waals surface area contributed by atoms with E-state index >= 15 is 0 Å². The lowest BCUT2D eigenvalue weighted by Crippen LogP contribution is -2.00. The molecule has 1 aromatic heterocycles. The van der Waals surface area contributed by atoms with Crippen molar-refractivity contribution in [3.63, 3.8) is 0 Å². The molecular weight excluding hydrogens is 276 g/mol. The van der Waals surface area contributed by atoms with Crippen LogP contribution in [0.25, 0.3) is 5.69 Å². The monoisotopic (exact) mass is 282 g/mol. The molecule has 1 heterocycles. The van der Waals surface area contributed by atoms with E-state index in [-0.39, 0.29) is 11.4 Å². The van der Waals surface area contributed by atoms with Crippen molar-refractivity contribution >= 4 is 21.9 Å². The molecule has 1 aromatic carbocycles. The second-order valence-corrected chi connectivity index (χ2v) is 4.01. The zero-order valence-corrected chi connectivity index (χ0v) is 9.55. The molecule has 16 heavy (non-hydrogen) atoms. The number of benzene rings is 1. The Labute approximate surface area is 99.1 Å². The first-order chi connectivity index (χ1) is 7.58. The molecule has 0 radical (unpaired) electrons. The van der Waals surface area contributed by atoms with Gasteiger partial charge in [0.05, 0.1) is 11.9 Å². The van der Waals surface area contributed by atoms with E-state index in [1.807, 2.05) is 6.07 Å². The highest BCUT2D eigenvalue weighted by Gasteiger charge is 2.15. The minimum absolute atomic E-state index is 0.354. The van der Waals surface area contributed by atoms with Crippen LogP contribution in [0.4, 0.5) is 0 Å². The Hall–Kier alpha value is -1.82. The fraction of sp³-hybridized carbons (Fsp3) is 0. The Balaban J connectivity index is 2.49. The number of carbonyl (C=O) groups is 1. The first kappa shape index (κ1) is 10.7. The van der Waals surface area contributed by atoms with E-state index in [1.165, 1.54) is 10.9 Å². The van der Waals surface area contributed by atoms with Gasteiger partial charge in [-0.15, -0.1) is 0 Å². The summed E-state index contributed by atoms with van der Waals surface area (Å²) in [5.74, 6) is -1.61. The predicted octanol–water partition coefficient (Wildman–Crippen LogP) is 2.04. The third kappa shape index (κ3) is 1.92. The highest BCUT2D eigenvalue weighted by Crippen LogP contribution is 2.20. The van der Waals surface area contributed by atoms with Crippen molar-refractivity contribution in [3.8, 4) is 11.4 Å². The van der Waals surface area contributed by atoms with Gasteiger partial charge in [0.25, 0.3) is 0 Å². The lowest BCUT2D eigenvalue weighted by Gasteiger charge is -2.00. The lowest BCUT2D eigenvalue weighted by molar-refractivity contribution is 0.0687. The summed E-state index contributed by atoms with van der Waals surface area (Å²) in [6.07, 6.45) is 1.26. The van der Waals surface area contributed by atoms with Crippen LogP contribution < -0.4 is 0 Å². The largest absolute Gasteiger partial charge is 0.504 e. The Morgan fingerprint density at radius 3 is 2.75 bits per heavy atom. The Morgan fingerprint density at radius 1 is 1.44 bits per heavy atom. The molecule has 2 N–H and O–H groups in total. The number of rotatable bonds is 2. The number of hydrogen-bond donors (Lipinski definition) is 2. The summed E-state index contributed by atoms with van der Waals surface area (Å²) >= 11 is 3.29. The standard InChI is InChI=1S/C10H7BrN2O3/c11-6-2-1-3-7(4-6)13-5-8(14)9(12-13)10(15)16/h1-5,14H,(H,15,16). The lowest BCUT2D eigenvalue weighted by atomic mass is 10.3. The number of carboxylic acid groups (broad SMARTS) is 1. The number of hydrogen-bond acceptors (Lipinski definition) is 3. The number of carboxylic acids is 1. The van der Waals surface area contributed by atoms with Crippen LogP contribution in [0, 0.1) is 0 Å². The molecule has 82 valence electrons. The molecule has 0 saturated heterocycles. The van der Waals surface area contributed by atoms with Gasteiger partial charge in [0.2, 0.25) is 5.69 Å². The van der Waals surface area contributed by atoms with Crippen LogP contribution in [-0.4, -0.2) is 26.0 Å². The van der Waals surface area contributed by atoms with Crippen LogP contribution in [0.1, 0.15) is 10.5 Å². The first-order valence-corrected chi connectivity index (χ1v) is 5.15. The van der Waals surface area contributed by atoms with Crippen LogP contribution in [0.15, 0.2) is 34.9 Å². The highest BCUT2D eigenvalue weighted by molar-refractivity contribution is 9.10. The molecule has 0 amide bonds. The average molecular weight is 283 g/mol. The topological polar surface area (TPSA) is 75.3 Å². The highest BCUT2D eigenvalue weighted by atomic mass is 79.9. The van der Waals surface area contributed by atoms with Crippen molar-refractivity contribution in [2.45, 2.75) is 0 Å². The molecule has 2 rings (SSSR count). The van der Waals surface area contributed by atoms with E-state index in [1.54, 1.807) is 18.2 Å². The van der Waals surface area contributed by atoms with Gasteiger partial charge in [0, 0.05) is 4.47 Å².